The van der Waals surface area contributed by atoms with Gasteiger partial charge in [0.15, 0.2) is 0 Å². The second kappa shape index (κ2) is 8.02. The van der Waals surface area contributed by atoms with Crippen molar-refractivity contribution in [2.45, 2.75) is 24.7 Å². The largest absolute Gasteiger partial charge is 0.456 e. The molecule has 4 atom stereocenters. The number of hydroxylamine groups is 1. The molecule has 1 aliphatic rings. The highest BCUT2D eigenvalue weighted by molar-refractivity contribution is 5.89. The molecule has 0 saturated carbocycles. The number of ether oxygens (including phenoxy) is 2. The van der Waals surface area contributed by atoms with E-state index in [1.165, 1.54) is 5.48 Å². The van der Waals surface area contributed by atoms with Gasteiger partial charge in [0.1, 0.15) is 18.3 Å². The summed E-state index contributed by atoms with van der Waals surface area (Å²) in [5, 5.41) is 28.0. The third-order valence-corrected chi connectivity index (χ3v) is 3.71. The van der Waals surface area contributed by atoms with E-state index in [4.69, 9.17) is 14.7 Å². The fraction of sp³-hybridized carbons (Fsp3) is 0.467. The maximum absolute atomic E-state index is 12.2. The number of amides is 1. The van der Waals surface area contributed by atoms with Crippen LogP contribution < -0.4 is 5.48 Å². The van der Waals surface area contributed by atoms with E-state index in [9.17, 15) is 19.8 Å². The number of nitrogens with one attached hydrogen (secondary N) is 1. The molecule has 8 nitrogen and oxygen atoms in total. The van der Waals surface area contributed by atoms with Crippen molar-refractivity contribution < 1.29 is 34.5 Å². The zero-order valence-corrected chi connectivity index (χ0v) is 12.3. The highest BCUT2D eigenvalue weighted by Crippen LogP contribution is 2.26. The highest BCUT2D eigenvalue weighted by atomic mass is 16.6. The van der Waals surface area contributed by atoms with Crippen molar-refractivity contribution in [1.82, 2.24) is 5.48 Å². The SMILES string of the molecule is O=C(C[C@H]1CO[C@H](CO)[C@@H](O)[C@@H]1OC(=O)c1ccccc1)NO. The van der Waals surface area contributed by atoms with Gasteiger partial charge >= 0.3 is 5.97 Å². The Morgan fingerprint density at radius 3 is 2.61 bits per heavy atom. The number of hydrogen-bond acceptors (Lipinski definition) is 7. The van der Waals surface area contributed by atoms with Gasteiger partial charge in [-0.25, -0.2) is 10.3 Å². The Labute approximate surface area is 132 Å². The molecule has 1 aromatic carbocycles. The molecule has 23 heavy (non-hydrogen) atoms. The molecule has 8 heteroatoms. The van der Waals surface area contributed by atoms with Gasteiger partial charge < -0.3 is 19.7 Å². The summed E-state index contributed by atoms with van der Waals surface area (Å²) in [5.74, 6) is -1.98. The van der Waals surface area contributed by atoms with Crippen molar-refractivity contribution in [3.8, 4) is 0 Å². The summed E-state index contributed by atoms with van der Waals surface area (Å²) in [6.07, 6.45) is -3.42. The fourth-order valence-electron chi connectivity index (χ4n) is 2.48. The first kappa shape index (κ1) is 17.4. The van der Waals surface area contributed by atoms with Gasteiger partial charge in [0.05, 0.1) is 18.8 Å². The number of aliphatic hydroxyl groups excluding tert-OH is 2. The predicted molar refractivity (Wildman–Crippen MR) is 76.5 cm³/mol. The van der Waals surface area contributed by atoms with Gasteiger partial charge in [-0.2, -0.15) is 0 Å². The molecule has 0 bridgehead atoms. The van der Waals surface area contributed by atoms with Crippen LogP contribution in [0.3, 0.4) is 0 Å². The van der Waals surface area contributed by atoms with Crippen LogP contribution in [0.25, 0.3) is 0 Å². The average Bonchev–Trinajstić information content (AvgIpc) is 2.58. The van der Waals surface area contributed by atoms with E-state index in [1.807, 2.05) is 0 Å². The maximum atomic E-state index is 12.2. The van der Waals surface area contributed by atoms with Crippen LogP contribution in [0.4, 0.5) is 0 Å². The van der Waals surface area contributed by atoms with Gasteiger partial charge in [-0.05, 0) is 12.1 Å². The minimum Gasteiger partial charge on any atom is -0.456 e. The van der Waals surface area contributed by atoms with E-state index in [1.54, 1.807) is 30.3 Å². The van der Waals surface area contributed by atoms with Crippen molar-refractivity contribution >= 4 is 11.9 Å². The van der Waals surface area contributed by atoms with Crippen molar-refractivity contribution in [1.29, 1.82) is 0 Å². The first-order chi connectivity index (χ1) is 11.1. The third kappa shape index (κ3) is 4.26. The number of carbonyl (C=O) groups is 2. The topological polar surface area (TPSA) is 125 Å². The second-order valence-electron chi connectivity index (χ2n) is 5.28. The summed E-state index contributed by atoms with van der Waals surface area (Å²) in [4.78, 5) is 23.5. The smallest absolute Gasteiger partial charge is 0.338 e. The molecule has 1 saturated heterocycles. The summed E-state index contributed by atoms with van der Waals surface area (Å²) in [5.41, 5.74) is 1.79. The molecule has 4 N–H and O–H groups in total. The predicted octanol–water partition coefficient (Wildman–Crippen LogP) is -0.524. The Kier molecular flexibility index (Phi) is 6.05. The molecular weight excluding hydrogens is 306 g/mol. The molecule has 1 aliphatic heterocycles. The maximum Gasteiger partial charge on any atom is 0.338 e. The van der Waals surface area contributed by atoms with Crippen LogP contribution in [0.15, 0.2) is 30.3 Å². The first-order valence-corrected chi connectivity index (χ1v) is 7.16. The Balaban J connectivity index is 2.13. The standard InChI is InChI=1S/C15H19NO7/c17-7-11-13(19)14(10(8-22-11)6-12(18)16-21)23-15(20)9-4-2-1-3-5-9/h1-5,10-11,13-14,17,19,21H,6-8H2,(H,16,18)/t10-,11+,13+,14+/m0/s1. The van der Waals surface area contributed by atoms with Crippen LogP contribution in [0.1, 0.15) is 16.8 Å². The lowest BCUT2D eigenvalue weighted by molar-refractivity contribution is -0.179. The summed E-state index contributed by atoms with van der Waals surface area (Å²) in [7, 11) is 0. The molecule has 2 rings (SSSR count). The van der Waals surface area contributed by atoms with Crippen molar-refractivity contribution in [3.05, 3.63) is 35.9 Å². The molecule has 1 aromatic rings. The Morgan fingerprint density at radius 2 is 2.00 bits per heavy atom. The Morgan fingerprint density at radius 1 is 1.30 bits per heavy atom. The zero-order chi connectivity index (χ0) is 16.8. The van der Waals surface area contributed by atoms with Crippen molar-refractivity contribution in [2.75, 3.05) is 13.2 Å². The lowest BCUT2D eigenvalue weighted by atomic mass is 9.89. The molecule has 0 aromatic heterocycles. The highest BCUT2D eigenvalue weighted by Gasteiger charge is 2.42. The lowest BCUT2D eigenvalue weighted by Crippen LogP contribution is -2.54. The van der Waals surface area contributed by atoms with Crippen LogP contribution in [0.2, 0.25) is 0 Å². The van der Waals surface area contributed by atoms with Crippen LogP contribution >= 0.6 is 0 Å². The molecule has 1 heterocycles. The van der Waals surface area contributed by atoms with E-state index < -0.39 is 42.7 Å². The van der Waals surface area contributed by atoms with Crippen molar-refractivity contribution in [2.24, 2.45) is 5.92 Å². The van der Waals surface area contributed by atoms with Gasteiger partial charge in [-0.1, -0.05) is 18.2 Å². The van der Waals surface area contributed by atoms with Gasteiger partial charge in [0, 0.05) is 12.3 Å². The van der Waals surface area contributed by atoms with E-state index in [0.717, 1.165) is 0 Å². The molecule has 0 unspecified atom stereocenters. The van der Waals surface area contributed by atoms with Crippen molar-refractivity contribution in [3.63, 3.8) is 0 Å². The minimum atomic E-state index is -1.28. The Hall–Kier alpha value is -2.00. The Bertz CT molecular complexity index is 536. The van der Waals surface area contributed by atoms with E-state index >= 15 is 0 Å². The average molecular weight is 325 g/mol. The number of rotatable bonds is 5. The van der Waals surface area contributed by atoms with E-state index in [-0.39, 0.29) is 13.0 Å². The number of aliphatic hydroxyl groups is 2. The molecular formula is C15H19NO7. The van der Waals surface area contributed by atoms with Crippen LogP contribution in [0.5, 0.6) is 0 Å². The fourth-order valence-corrected chi connectivity index (χ4v) is 2.48. The second-order valence-corrected chi connectivity index (χ2v) is 5.28. The van der Waals surface area contributed by atoms with Crippen LogP contribution in [0, 0.1) is 5.92 Å². The van der Waals surface area contributed by atoms with Crippen LogP contribution in [-0.2, 0) is 14.3 Å². The first-order valence-electron chi connectivity index (χ1n) is 7.16. The molecule has 0 radical (unpaired) electrons. The molecule has 1 fully saturated rings. The normalized spacial score (nSPS) is 27.3. The number of hydrogen-bond donors (Lipinski definition) is 4. The van der Waals surface area contributed by atoms with Gasteiger partial charge in [0.2, 0.25) is 5.91 Å². The van der Waals surface area contributed by atoms with Crippen LogP contribution in [-0.4, -0.2) is 58.8 Å². The van der Waals surface area contributed by atoms with Gasteiger partial charge in [0.25, 0.3) is 0 Å². The molecule has 0 aliphatic carbocycles. The minimum absolute atomic E-state index is 0.00242. The van der Waals surface area contributed by atoms with Gasteiger partial charge in [-0.3, -0.25) is 10.0 Å². The summed E-state index contributed by atoms with van der Waals surface area (Å²) >= 11 is 0. The zero-order valence-electron chi connectivity index (χ0n) is 12.3. The molecule has 126 valence electrons. The molecule has 1 amide bonds. The summed E-state index contributed by atoms with van der Waals surface area (Å²) in [6, 6.07) is 8.21. The van der Waals surface area contributed by atoms with E-state index in [0.29, 0.717) is 5.56 Å². The van der Waals surface area contributed by atoms with Gasteiger partial charge in [-0.15, -0.1) is 0 Å². The quantitative estimate of drug-likeness (QED) is 0.326. The number of carbonyl (C=O) groups excluding carboxylic acids is 2. The monoisotopic (exact) mass is 325 g/mol. The summed E-state index contributed by atoms with van der Waals surface area (Å²) < 4.78 is 10.6. The summed E-state index contributed by atoms with van der Waals surface area (Å²) in [6.45, 7) is -0.443. The molecule has 0 spiro atoms. The number of benzene rings is 1. The lowest BCUT2D eigenvalue weighted by Gasteiger charge is -2.38. The number of esters is 1. The van der Waals surface area contributed by atoms with E-state index in [2.05, 4.69) is 0 Å². The third-order valence-electron chi connectivity index (χ3n) is 3.71.